The lowest BCUT2D eigenvalue weighted by molar-refractivity contribution is 0.340. The standard InChI is InChI=1S/C26H25BrN2O4S/c1-2-33-18-9-7-17(8-10-18)29-34(31,32)19-11-12-24-22(15-19)20-4-3-5-21(20)26(28-24)23-14-16(27)6-13-25(23)30/h3-4,6-15,20-21,26,28-30H,2,5H2,1H3. The first kappa shape index (κ1) is 22.8. The molecule has 3 aromatic rings. The summed E-state index contributed by atoms with van der Waals surface area (Å²) >= 11 is 3.50. The summed E-state index contributed by atoms with van der Waals surface area (Å²) < 4.78 is 35.3. The number of rotatable bonds is 6. The van der Waals surface area contributed by atoms with Crippen LogP contribution in [0.1, 0.15) is 36.4 Å². The molecule has 5 rings (SSSR count). The lowest BCUT2D eigenvalue weighted by atomic mass is 9.77. The van der Waals surface area contributed by atoms with E-state index >= 15 is 0 Å². The molecule has 6 nitrogen and oxygen atoms in total. The third kappa shape index (κ3) is 4.28. The number of aromatic hydroxyl groups is 1. The van der Waals surface area contributed by atoms with E-state index in [0.717, 1.165) is 27.7 Å². The fourth-order valence-electron chi connectivity index (χ4n) is 4.82. The number of phenolic OH excluding ortho intramolecular Hbond substituents is 1. The van der Waals surface area contributed by atoms with Crippen LogP contribution in [0.2, 0.25) is 0 Å². The van der Waals surface area contributed by atoms with E-state index in [1.54, 1.807) is 42.5 Å². The predicted molar refractivity (Wildman–Crippen MR) is 137 cm³/mol. The molecule has 34 heavy (non-hydrogen) atoms. The maximum absolute atomic E-state index is 13.1. The molecule has 0 radical (unpaired) electrons. The summed E-state index contributed by atoms with van der Waals surface area (Å²) in [4.78, 5) is 0.213. The van der Waals surface area contributed by atoms with E-state index in [-0.39, 0.29) is 28.5 Å². The molecule has 0 aromatic heterocycles. The van der Waals surface area contributed by atoms with Gasteiger partial charge in [0.15, 0.2) is 0 Å². The van der Waals surface area contributed by atoms with Crippen LogP contribution in [0, 0.1) is 5.92 Å². The predicted octanol–water partition coefficient (Wildman–Crippen LogP) is 6.18. The Bertz CT molecular complexity index is 1360. The molecule has 1 aliphatic heterocycles. The van der Waals surface area contributed by atoms with Crippen LogP contribution in [0.4, 0.5) is 11.4 Å². The van der Waals surface area contributed by atoms with Gasteiger partial charge in [0, 0.05) is 27.3 Å². The Balaban J connectivity index is 1.45. The second kappa shape index (κ2) is 9.00. The van der Waals surface area contributed by atoms with Crippen LogP contribution in [-0.2, 0) is 10.0 Å². The molecule has 176 valence electrons. The number of anilines is 2. The summed E-state index contributed by atoms with van der Waals surface area (Å²) in [5.41, 5.74) is 3.12. The van der Waals surface area contributed by atoms with Crippen molar-refractivity contribution in [3.8, 4) is 11.5 Å². The Morgan fingerprint density at radius 2 is 1.88 bits per heavy atom. The molecule has 1 aliphatic carbocycles. The first-order valence-corrected chi connectivity index (χ1v) is 13.4. The normalized spacial score (nSPS) is 20.8. The summed E-state index contributed by atoms with van der Waals surface area (Å²) in [7, 11) is -3.77. The maximum Gasteiger partial charge on any atom is 0.261 e. The van der Waals surface area contributed by atoms with E-state index in [4.69, 9.17) is 4.74 Å². The van der Waals surface area contributed by atoms with Gasteiger partial charge in [-0.3, -0.25) is 4.72 Å². The number of fused-ring (bicyclic) bond motifs is 3. The molecule has 0 amide bonds. The van der Waals surface area contributed by atoms with E-state index < -0.39 is 10.0 Å². The molecule has 0 fully saturated rings. The van der Waals surface area contributed by atoms with Crippen molar-refractivity contribution >= 4 is 37.3 Å². The van der Waals surface area contributed by atoms with Gasteiger partial charge < -0.3 is 15.2 Å². The summed E-state index contributed by atoms with van der Waals surface area (Å²) in [5, 5.41) is 14.1. The second-order valence-corrected chi connectivity index (χ2v) is 11.1. The number of hydrogen-bond donors (Lipinski definition) is 3. The Morgan fingerprint density at radius 3 is 2.65 bits per heavy atom. The van der Waals surface area contributed by atoms with E-state index in [9.17, 15) is 13.5 Å². The molecule has 8 heteroatoms. The first-order valence-electron chi connectivity index (χ1n) is 11.2. The van der Waals surface area contributed by atoms with Crippen molar-refractivity contribution in [2.75, 3.05) is 16.6 Å². The summed E-state index contributed by atoms with van der Waals surface area (Å²) in [5.74, 6) is 1.16. The summed E-state index contributed by atoms with van der Waals surface area (Å²) in [6, 6.07) is 17.4. The van der Waals surface area contributed by atoms with Crippen molar-refractivity contribution in [3.05, 3.63) is 88.4 Å². The van der Waals surface area contributed by atoms with Gasteiger partial charge in [0.2, 0.25) is 0 Å². The molecular formula is C26H25BrN2O4S. The van der Waals surface area contributed by atoms with Gasteiger partial charge in [0.1, 0.15) is 11.5 Å². The Labute approximate surface area is 207 Å². The van der Waals surface area contributed by atoms with Crippen molar-refractivity contribution in [3.63, 3.8) is 0 Å². The van der Waals surface area contributed by atoms with Gasteiger partial charge >= 0.3 is 0 Å². The second-order valence-electron chi connectivity index (χ2n) is 8.49. The molecule has 3 atom stereocenters. The highest BCUT2D eigenvalue weighted by Gasteiger charge is 2.39. The van der Waals surface area contributed by atoms with Crippen molar-refractivity contribution < 1.29 is 18.3 Å². The van der Waals surface area contributed by atoms with Crippen molar-refractivity contribution in [2.24, 2.45) is 5.92 Å². The van der Waals surface area contributed by atoms with Crippen LogP contribution in [0.3, 0.4) is 0 Å². The quantitative estimate of drug-likeness (QED) is 0.325. The van der Waals surface area contributed by atoms with Gasteiger partial charge in [-0.15, -0.1) is 0 Å². The van der Waals surface area contributed by atoms with Crippen LogP contribution >= 0.6 is 15.9 Å². The SMILES string of the molecule is CCOc1ccc(NS(=O)(=O)c2ccc3c(c2)C2C=CCC2C(c2cc(Br)ccc2O)N3)cc1. The van der Waals surface area contributed by atoms with Gasteiger partial charge in [0.05, 0.1) is 17.5 Å². The van der Waals surface area contributed by atoms with Gasteiger partial charge in [-0.2, -0.15) is 0 Å². The highest BCUT2D eigenvalue weighted by molar-refractivity contribution is 9.10. The highest BCUT2D eigenvalue weighted by Crippen LogP contribution is 2.51. The van der Waals surface area contributed by atoms with E-state index in [1.165, 1.54) is 0 Å². The zero-order chi connectivity index (χ0) is 23.9. The molecule has 2 aliphatic rings. The summed E-state index contributed by atoms with van der Waals surface area (Å²) in [6.07, 6.45) is 5.12. The number of nitrogens with one attached hydrogen (secondary N) is 2. The van der Waals surface area contributed by atoms with E-state index in [2.05, 4.69) is 38.1 Å². The van der Waals surface area contributed by atoms with Crippen molar-refractivity contribution in [2.45, 2.75) is 30.2 Å². The Kier molecular flexibility index (Phi) is 6.04. The number of ether oxygens (including phenoxy) is 1. The summed E-state index contributed by atoms with van der Waals surface area (Å²) in [6.45, 7) is 2.45. The molecule has 0 spiro atoms. The minimum Gasteiger partial charge on any atom is -0.508 e. The van der Waals surface area contributed by atoms with Crippen molar-refractivity contribution in [1.29, 1.82) is 0 Å². The van der Waals surface area contributed by atoms with Gasteiger partial charge in [-0.25, -0.2) is 8.42 Å². The smallest absolute Gasteiger partial charge is 0.261 e. The minimum atomic E-state index is -3.77. The number of halogens is 1. The average Bonchev–Trinajstić information content (AvgIpc) is 3.31. The zero-order valence-corrected chi connectivity index (χ0v) is 20.9. The number of sulfonamides is 1. The minimum absolute atomic E-state index is 0.0558. The molecule has 1 heterocycles. The lowest BCUT2D eigenvalue weighted by Gasteiger charge is -2.38. The molecule has 3 unspecified atom stereocenters. The largest absolute Gasteiger partial charge is 0.508 e. The third-order valence-electron chi connectivity index (χ3n) is 6.39. The highest BCUT2D eigenvalue weighted by atomic mass is 79.9. The Morgan fingerprint density at radius 1 is 1.09 bits per heavy atom. The lowest BCUT2D eigenvalue weighted by Crippen LogP contribution is -2.29. The van der Waals surface area contributed by atoms with Gasteiger partial charge in [0.25, 0.3) is 10.0 Å². The third-order valence-corrected chi connectivity index (χ3v) is 8.26. The van der Waals surface area contributed by atoms with Crippen LogP contribution < -0.4 is 14.8 Å². The van der Waals surface area contributed by atoms with Crippen LogP contribution in [0.15, 0.2) is 82.2 Å². The molecular weight excluding hydrogens is 516 g/mol. The van der Waals surface area contributed by atoms with Crippen LogP contribution in [0.25, 0.3) is 0 Å². The number of allylic oxidation sites excluding steroid dienone is 2. The Hall–Kier alpha value is -2.97. The fourth-order valence-corrected chi connectivity index (χ4v) is 6.29. The van der Waals surface area contributed by atoms with Gasteiger partial charge in [-0.1, -0.05) is 28.1 Å². The molecule has 0 saturated heterocycles. The number of phenols is 1. The van der Waals surface area contributed by atoms with Crippen LogP contribution in [0.5, 0.6) is 11.5 Å². The average molecular weight is 541 g/mol. The van der Waals surface area contributed by atoms with Crippen molar-refractivity contribution in [1.82, 2.24) is 0 Å². The number of benzene rings is 3. The maximum atomic E-state index is 13.1. The molecule has 0 saturated carbocycles. The fraction of sp³-hybridized carbons (Fsp3) is 0.231. The first-order chi connectivity index (χ1) is 16.4. The monoisotopic (exact) mass is 540 g/mol. The van der Waals surface area contributed by atoms with Crippen LogP contribution in [-0.4, -0.2) is 20.1 Å². The van der Waals surface area contributed by atoms with Gasteiger partial charge in [-0.05, 0) is 85.5 Å². The number of hydrogen-bond acceptors (Lipinski definition) is 5. The molecule has 0 bridgehead atoms. The molecule has 3 aromatic carbocycles. The molecule has 3 N–H and O–H groups in total. The zero-order valence-electron chi connectivity index (χ0n) is 18.5. The van der Waals surface area contributed by atoms with E-state index in [0.29, 0.717) is 18.0 Å². The van der Waals surface area contributed by atoms with E-state index in [1.807, 2.05) is 25.1 Å². The topological polar surface area (TPSA) is 87.7 Å².